The summed E-state index contributed by atoms with van der Waals surface area (Å²) in [6.45, 7) is -0.596. The van der Waals surface area contributed by atoms with Gasteiger partial charge in [-0.1, -0.05) is 11.6 Å². The molecule has 15 heteroatoms. The normalized spacial score (nSPS) is 11.7. The summed E-state index contributed by atoms with van der Waals surface area (Å²) in [7, 11) is -4.00. The van der Waals surface area contributed by atoms with E-state index < -0.39 is 34.2 Å². The number of carbonyl (C=O) groups is 2. The Bertz CT molecular complexity index is 1350. The van der Waals surface area contributed by atoms with E-state index in [4.69, 9.17) is 11.6 Å². The highest BCUT2D eigenvalue weighted by molar-refractivity contribution is 7.91. The number of sulfonamides is 1. The SMILES string of the molecule is O=C(CNS(=O)(=O)c1ccc(CNC(=O)c2ccc(Cl)cc2)s1)NCCNc1ncccc1C(F)(F)F. The Morgan fingerprint density at radius 2 is 1.73 bits per heavy atom. The molecule has 2 heterocycles. The Morgan fingerprint density at radius 1 is 1.00 bits per heavy atom. The van der Waals surface area contributed by atoms with Gasteiger partial charge in [-0.2, -0.15) is 13.2 Å². The predicted octanol–water partition coefficient (Wildman–Crippen LogP) is 3.25. The standard InChI is InChI=1S/C22H21ClF3N5O4S2/c23-15-5-3-14(4-6-15)21(33)30-12-16-7-8-19(36-16)37(34,35)31-13-18(32)27-10-11-29-20-17(22(24,25)26)2-1-9-28-20/h1-9,31H,10-13H2,(H,27,32)(H,28,29)(H,30,33). The Hall–Kier alpha value is -3.20. The molecule has 0 aliphatic rings. The van der Waals surface area contributed by atoms with Gasteiger partial charge < -0.3 is 16.0 Å². The van der Waals surface area contributed by atoms with Gasteiger partial charge in [-0.25, -0.2) is 18.1 Å². The highest BCUT2D eigenvalue weighted by Gasteiger charge is 2.33. The van der Waals surface area contributed by atoms with E-state index in [0.29, 0.717) is 15.5 Å². The third-order valence-electron chi connectivity index (χ3n) is 4.71. The van der Waals surface area contributed by atoms with Crippen LogP contribution in [0.15, 0.2) is 58.9 Å². The smallest absolute Gasteiger partial charge is 0.368 e. The molecule has 2 aromatic heterocycles. The molecule has 0 saturated heterocycles. The maximum absolute atomic E-state index is 13.0. The Morgan fingerprint density at radius 3 is 2.43 bits per heavy atom. The number of pyridine rings is 1. The molecular weight excluding hydrogens is 555 g/mol. The van der Waals surface area contributed by atoms with Crippen LogP contribution in [0.1, 0.15) is 20.8 Å². The van der Waals surface area contributed by atoms with E-state index in [1.165, 1.54) is 12.3 Å². The first kappa shape index (κ1) is 28.4. The number of carbonyl (C=O) groups excluding carboxylic acids is 2. The quantitative estimate of drug-likeness (QED) is 0.260. The number of benzene rings is 1. The zero-order chi connectivity index (χ0) is 27.1. The summed E-state index contributed by atoms with van der Waals surface area (Å²) in [5, 5.41) is 8.06. The van der Waals surface area contributed by atoms with Crippen molar-refractivity contribution in [2.75, 3.05) is 25.0 Å². The van der Waals surface area contributed by atoms with E-state index in [1.54, 1.807) is 30.3 Å². The number of amides is 2. The maximum Gasteiger partial charge on any atom is 0.419 e. The van der Waals surface area contributed by atoms with Gasteiger partial charge in [0.05, 0.1) is 18.7 Å². The molecule has 0 aliphatic carbocycles. The molecule has 0 atom stereocenters. The molecule has 0 saturated carbocycles. The number of rotatable bonds is 11. The zero-order valence-electron chi connectivity index (χ0n) is 18.9. The third kappa shape index (κ3) is 8.42. The molecule has 37 heavy (non-hydrogen) atoms. The van der Waals surface area contributed by atoms with Crippen LogP contribution in [0.3, 0.4) is 0 Å². The highest BCUT2D eigenvalue weighted by Crippen LogP contribution is 2.33. The van der Waals surface area contributed by atoms with Crippen LogP contribution in [0.2, 0.25) is 5.02 Å². The van der Waals surface area contributed by atoms with Crippen LogP contribution < -0.4 is 20.7 Å². The summed E-state index contributed by atoms with van der Waals surface area (Å²) in [5.74, 6) is -1.39. The summed E-state index contributed by atoms with van der Waals surface area (Å²) < 4.78 is 66.0. The molecule has 4 N–H and O–H groups in total. The van der Waals surface area contributed by atoms with Gasteiger partial charge >= 0.3 is 6.18 Å². The van der Waals surface area contributed by atoms with E-state index in [2.05, 4.69) is 25.7 Å². The van der Waals surface area contributed by atoms with Gasteiger partial charge in [0.2, 0.25) is 5.91 Å². The number of hydrogen-bond acceptors (Lipinski definition) is 7. The number of alkyl halides is 3. The van der Waals surface area contributed by atoms with Crippen molar-refractivity contribution in [2.45, 2.75) is 16.9 Å². The van der Waals surface area contributed by atoms with Gasteiger partial charge in [0.1, 0.15) is 10.0 Å². The Balaban J connectivity index is 1.42. The van der Waals surface area contributed by atoms with Crippen LogP contribution >= 0.6 is 22.9 Å². The number of anilines is 1. The molecule has 0 aliphatic heterocycles. The molecule has 0 fully saturated rings. The lowest BCUT2D eigenvalue weighted by atomic mass is 10.2. The lowest BCUT2D eigenvalue weighted by molar-refractivity contribution is -0.137. The molecule has 0 bridgehead atoms. The van der Waals surface area contributed by atoms with Crippen LogP contribution in [0.25, 0.3) is 0 Å². The van der Waals surface area contributed by atoms with Gasteiger partial charge in [0, 0.05) is 34.7 Å². The monoisotopic (exact) mass is 575 g/mol. The van der Waals surface area contributed by atoms with Crippen molar-refractivity contribution in [3.8, 4) is 0 Å². The molecule has 3 aromatic rings. The summed E-state index contributed by atoms with van der Waals surface area (Å²) in [4.78, 5) is 28.4. The number of halogens is 4. The maximum atomic E-state index is 13.0. The first-order valence-corrected chi connectivity index (χ1v) is 13.3. The van der Waals surface area contributed by atoms with Crippen molar-refractivity contribution in [3.05, 3.63) is 75.8 Å². The highest BCUT2D eigenvalue weighted by atomic mass is 35.5. The van der Waals surface area contributed by atoms with Crippen LogP contribution in [0.4, 0.5) is 19.0 Å². The average molecular weight is 576 g/mol. The van der Waals surface area contributed by atoms with E-state index in [1.807, 2.05) is 0 Å². The summed E-state index contributed by atoms with van der Waals surface area (Å²) in [6.07, 6.45) is -3.38. The molecule has 1 aromatic carbocycles. The molecule has 198 valence electrons. The topological polar surface area (TPSA) is 129 Å². The average Bonchev–Trinajstić information content (AvgIpc) is 3.34. The molecule has 0 radical (unpaired) electrons. The van der Waals surface area contributed by atoms with Gasteiger partial charge in [-0.3, -0.25) is 9.59 Å². The largest absolute Gasteiger partial charge is 0.419 e. The molecule has 9 nitrogen and oxygen atoms in total. The van der Waals surface area contributed by atoms with E-state index in [0.717, 1.165) is 23.5 Å². The fraction of sp³-hybridized carbons (Fsp3) is 0.227. The van der Waals surface area contributed by atoms with Crippen LogP contribution in [0, 0.1) is 0 Å². The van der Waals surface area contributed by atoms with Crippen molar-refractivity contribution in [1.82, 2.24) is 20.3 Å². The van der Waals surface area contributed by atoms with Crippen molar-refractivity contribution in [3.63, 3.8) is 0 Å². The van der Waals surface area contributed by atoms with Crippen molar-refractivity contribution < 1.29 is 31.2 Å². The fourth-order valence-corrected chi connectivity index (χ4v) is 5.37. The van der Waals surface area contributed by atoms with Crippen LogP contribution in [-0.4, -0.2) is 44.9 Å². The van der Waals surface area contributed by atoms with E-state index in [-0.39, 0.29) is 35.6 Å². The zero-order valence-corrected chi connectivity index (χ0v) is 21.3. The first-order chi connectivity index (χ1) is 17.5. The molecule has 0 unspecified atom stereocenters. The second-order valence-electron chi connectivity index (χ2n) is 7.41. The number of nitrogens with one attached hydrogen (secondary N) is 4. The Kier molecular flexibility index (Phi) is 9.48. The van der Waals surface area contributed by atoms with Crippen molar-refractivity contribution >= 4 is 50.6 Å². The number of aromatic nitrogens is 1. The van der Waals surface area contributed by atoms with Gasteiger partial charge in [0.15, 0.2) is 0 Å². The van der Waals surface area contributed by atoms with Gasteiger partial charge in [-0.05, 0) is 48.5 Å². The summed E-state index contributed by atoms with van der Waals surface area (Å²) in [5.41, 5.74) is -0.536. The number of thiophene rings is 1. The minimum absolute atomic E-state index is 0.0486. The predicted molar refractivity (Wildman–Crippen MR) is 133 cm³/mol. The fourth-order valence-electron chi connectivity index (χ4n) is 2.92. The second kappa shape index (κ2) is 12.4. The second-order valence-corrected chi connectivity index (χ2v) is 11.0. The molecular formula is C22H21ClF3N5O4S2. The molecule has 0 spiro atoms. The Labute approximate surface area is 219 Å². The van der Waals surface area contributed by atoms with Crippen molar-refractivity contribution in [2.24, 2.45) is 0 Å². The minimum atomic E-state index is -4.58. The lowest BCUT2D eigenvalue weighted by Gasteiger charge is -2.13. The lowest BCUT2D eigenvalue weighted by Crippen LogP contribution is -2.38. The molecule has 3 rings (SSSR count). The summed E-state index contributed by atoms with van der Waals surface area (Å²) in [6, 6.07) is 11.2. The number of nitrogens with zero attached hydrogens (tertiary/aromatic N) is 1. The number of hydrogen-bond donors (Lipinski definition) is 4. The van der Waals surface area contributed by atoms with E-state index >= 15 is 0 Å². The molecule has 2 amide bonds. The minimum Gasteiger partial charge on any atom is -0.368 e. The van der Waals surface area contributed by atoms with Gasteiger partial charge in [0.25, 0.3) is 15.9 Å². The van der Waals surface area contributed by atoms with Gasteiger partial charge in [-0.15, -0.1) is 11.3 Å². The van der Waals surface area contributed by atoms with Crippen LogP contribution in [-0.2, 0) is 27.5 Å². The summed E-state index contributed by atoms with van der Waals surface area (Å²) >= 11 is 6.72. The van der Waals surface area contributed by atoms with E-state index in [9.17, 15) is 31.2 Å². The third-order valence-corrected chi connectivity index (χ3v) is 7.94. The van der Waals surface area contributed by atoms with Crippen LogP contribution in [0.5, 0.6) is 0 Å². The van der Waals surface area contributed by atoms with Crippen molar-refractivity contribution in [1.29, 1.82) is 0 Å². The first-order valence-electron chi connectivity index (χ1n) is 10.6.